The second-order valence-corrected chi connectivity index (χ2v) is 4.05. The molecule has 3 heteroatoms. The monoisotopic (exact) mass is 167 g/mol. The van der Waals surface area contributed by atoms with Crippen molar-refractivity contribution in [2.75, 3.05) is 0 Å². The van der Waals surface area contributed by atoms with Crippen molar-refractivity contribution in [2.45, 2.75) is 32.9 Å². The fourth-order valence-corrected chi connectivity index (χ4v) is 0.930. The summed E-state index contributed by atoms with van der Waals surface area (Å²) < 4.78 is 1.89. The molecular weight excluding hydrogens is 150 g/mol. The summed E-state index contributed by atoms with van der Waals surface area (Å²) in [6.45, 7) is 7.34. The summed E-state index contributed by atoms with van der Waals surface area (Å²) in [6, 6.07) is 2.03. The Kier molecular flexibility index (Phi) is 2.52. The number of aromatic nitrogens is 2. The first kappa shape index (κ1) is 9.26. The lowest BCUT2D eigenvalue weighted by atomic mass is 10.1. The Labute approximate surface area is 73.8 Å². The number of hydrogen-bond acceptors (Lipinski definition) is 2. The zero-order chi connectivity index (χ0) is 9.19. The van der Waals surface area contributed by atoms with Crippen molar-refractivity contribution in [3.05, 3.63) is 18.0 Å². The normalized spacial score (nSPS) is 12.0. The number of hydrogen-bond donors (Lipinski definition) is 1. The van der Waals surface area contributed by atoms with Gasteiger partial charge in [0.1, 0.15) is 0 Å². The predicted molar refractivity (Wildman–Crippen MR) is 49.8 cm³/mol. The summed E-state index contributed by atoms with van der Waals surface area (Å²) in [5.74, 6) is 0. The van der Waals surface area contributed by atoms with Crippen LogP contribution in [0.5, 0.6) is 0 Å². The quantitative estimate of drug-likeness (QED) is 0.719. The zero-order valence-corrected chi connectivity index (χ0v) is 8.26. The number of nitrogens with zero attached hydrogens (tertiary/aromatic N) is 2. The highest BCUT2D eigenvalue weighted by Crippen LogP contribution is 2.02. The summed E-state index contributed by atoms with van der Waals surface area (Å²) in [6.07, 6.45) is 1.82. The van der Waals surface area contributed by atoms with Gasteiger partial charge >= 0.3 is 0 Å². The molecule has 0 aliphatic heterocycles. The van der Waals surface area contributed by atoms with Gasteiger partial charge in [-0.15, -0.1) is 0 Å². The van der Waals surface area contributed by atoms with Crippen molar-refractivity contribution in [1.29, 1.82) is 0 Å². The van der Waals surface area contributed by atoms with Crippen LogP contribution in [0.3, 0.4) is 0 Å². The van der Waals surface area contributed by atoms with Crippen LogP contribution in [0.25, 0.3) is 0 Å². The Morgan fingerprint density at radius 3 is 2.58 bits per heavy atom. The van der Waals surface area contributed by atoms with Crippen molar-refractivity contribution in [3.8, 4) is 0 Å². The van der Waals surface area contributed by atoms with Gasteiger partial charge < -0.3 is 5.32 Å². The Bertz CT molecular complexity index is 245. The summed E-state index contributed by atoms with van der Waals surface area (Å²) in [5.41, 5.74) is 1.38. The minimum Gasteiger partial charge on any atom is -0.306 e. The van der Waals surface area contributed by atoms with Crippen LogP contribution in [0.2, 0.25) is 0 Å². The van der Waals surface area contributed by atoms with E-state index >= 15 is 0 Å². The first-order valence-electron chi connectivity index (χ1n) is 4.21. The molecule has 0 saturated heterocycles. The highest BCUT2D eigenvalue weighted by atomic mass is 15.3. The minimum atomic E-state index is 0.171. The number of aryl methyl sites for hydroxylation is 1. The van der Waals surface area contributed by atoms with Crippen molar-refractivity contribution in [1.82, 2.24) is 15.1 Å². The van der Waals surface area contributed by atoms with E-state index in [-0.39, 0.29) is 5.54 Å². The second-order valence-electron chi connectivity index (χ2n) is 4.05. The third-order valence-corrected chi connectivity index (χ3v) is 1.72. The third kappa shape index (κ3) is 2.66. The van der Waals surface area contributed by atoms with E-state index in [1.54, 1.807) is 0 Å². The topological polar surface area (TPSA) is 29.9 Å². The number of rotatable bonds is 2. The lowest BCUT2D eigenvalue weighted by Crippen LogP contribution is -2.35. The van der Waals surface area contributed by atoms with Crippen LogP contribution < -0.4 is 5.32 Å². The van der Waals surface area contributed by atoms with E-state index < -0.39 is 0 Å². The average molecular weight is 167 g/mol. The van der Waals surface area contributed by atoms with Crippen LogP contribution in [-0.4, -0.2) is 15.3 Å². The van der Waals surface area contributed by atoms with Gasteiger partial charge in [0.25, 0.3) is 0 Å². The largest absolute Gasteiger partial charge is 0.306 e. The van der Waals surface area contributed by atoms with Gasteiger partial charge in [-0.2, -0.15) is 5.10 Å². The van der Waals surface area contributed by atoms with Crippen molar-refractivity contribution in [3.63, 3.8) is 0 Å². The molecule has 0 bridgehead atoms. The SMILES string of the molecule is Cn1nccc1CNC(C)(C)C. The molecule has 0 fully saturated rings. The standard InChI is InChI=1S/C9H17N3/c1-9(2,3)10-7-8-5-6-11-12(8)4/h5-6,10H,7H2,1-4H3. The summed E-state index contributed by atoms with van der Waals surface area (Å²) in [5, 5.41) is 7.50. The van der Waals surface area contributed by atoms with E-state index in [1.165, 1.54) is 5.69 Å². The molecule has 0 aliphatic carbocycles. The molecule has 0 aliphatic rings. The maximum atomic E-state index is 4.09. The van der Waals surface area contributed by atoms with Gasteiger partial charge in [0, 0.05) is 25.3 Å². The highest BCUT2D eigenvalue weighted by Gasteiger charge is 2.09. The maximum absolute atomic E-state index is 4.09. The van der Waals surface area contributed by atoms with E-state index in [0.29, 0.717) is 0 Å². The molecule has 0 saturated carbocycles. The predicted octanol–water partition coefficient (Wildman–Crippen LogP) is 1.31. The first-order valence-corrected chi connectivity index (χ1v) is 4.21. The lowest BCUT2D eigenvalue weighted by Gasteiger charge is -2.20. The van der Waals surface area contributed by atoms with Crippen molar-refractivity contribution >= 4 is 0 Å². The maximum Gasteiger partial charge on any atom is 0.0518 e. The van der Waals surface area contributed by atoms with E-state index in [9.17, 15) is 0 Å². The Morgan fingerprint density at radius 2 is 2.17 bits per heavy atom. The fourth-order valence-electron chi connectivity index (χ4n) is 0.930. The smallest absolute Gasteiger partial charge is 0.0518 e. The second kappa shape index (κ2) is 3.27. The molecule has 0 atom stereocenters. The van der Waals surface area contributed by atoms with Gasteiger partial charge in [-0.25, -0.2) is 0 Å². The summed E-state index contributed by atoms with van der Waals surface area (Å²) in [4.78, 5) is 0. The Hall–Kier alpha value is -0.830. The van der Waals surface area contributed by atoms with Gasteiger partial charge in [0.05, 0.1) is 5.69 Å². The third-order valence-electron chi connectivity index (χ3n) is 1.72. The summed E-state index contributed by atoms with van der Waals surface area (Å²) in [7, 11) is 1.96. The molecule has 1 heterocycles. The van der Waals surface area contributed by atoms with Gasteiger partial charge in [0.2, 0.25) is 0 Å². The van der Waals surface area contributed by atoms with Gasteiger partial charge in [0.15, 0.2) is 0 Å². The molecule has 0 amide bonds. The van der Waals surface area contributed by atoms with Gasteiger partial charge in [-0.1, -0.05) is 0 Å². The molecule has 0 aromatic carbocycles. The Balaban J connectivity index is 2.49. The zero-order valence-electron chi connectivity index (χ0n) is 8.26. The Morgan fingerprint density at radius 1 is 1.50 bits per heavy atom. The minimum absolute atomic E-state index is 0.171. The van der Waals surface area contributed by atoms with E-state index in [1.807, 2.05) is 24.0 Å². The van der Waals surface area contributed by atoms with Gasteiger partial charge in [-0.05, 0) is 26.8 Å². The molecule has 68 valence electrons. The van der Waals surface area contributed by atoms with Crippen LogP contribution in [0.1, 0.15) is 26.5 Å². The molecule has 1 rings (SSSR count). The van der Waals surface area contributed by atoms with E-state index in [2.05, 4.69) is 31.2 Å². The molecule has 0 spiro atoms. The van der Waals surface area contributed by atoms with Crippen LogP contribution in [-0.2, 0) is 13.6 Å². The molecule has 1 aromatic rings. The molecule has 0 radical (unpaired) electrons. The van der Waals surface area contributed by atoms with E-state index in [0.717, 1.165) is 6.54 Å². The average Bonchev–Trinajstić information content (AvgIpc) is 2.29. The van der Waals surface area contributed by atoms with Crippen LogP contribution in [0.15, 0.2) is 12.3 Å². The van der Waals surface area contributed by atoms with E-state index in [4.69, 9.17) is 0 Å². The molecule has 12 heavy (non-hydrogen) atoms. The number of nitrogens with one attached hydrogen (secondary N) is 1. The van der Waals surface area contributed by atoms with Crippen LogP contribution in [0.4, 0.5) is 0 Å². The lowest BCUT2D eigenvalue weighted by molar-refractivity contribution is 0.416. The molecule has 3 nitrogen and oxygen atoms in total. The van der Waals surface area contributed by atoms with Crippen molar-refractivity contribution in [2.24, 2.45) is 7.05 Å². The van der Waals surface area contributed by atoms with Crippen LogP contribution >= 0.6 is 0 Å². The summed E-state index contributed by atoms with van der Waals surface area (Å²) >= 11 is 0. The van der Waals surface area contributed by atoms with Crippen molar-refractivity contribution < 1.29 is 0 Å². The molecule has 1 aromatic heterocycles. The van der Waals surface area contributed by atoms with Crippen LogP contribution in [0, 0.1) is 0 Å². The highest BCUT2D eigenvalue weighted by molar-refractivity contribution is 4.99. The fraction of sp³-hybridized carbons (Fsp3) is 0.667. The molecule has 0 unspecified atom stereocenters. The molecular formula is C9H17N3. The van der Waals surface area contributed by atoms with Gasteiger partial charge in [-0.3, -0.25) is 4.68 Å². The first-order chi connectivity index (χ1) is 5.49. The molecule has 1 N–H and O–H groups in total.